The van der Waals surface area contributed by atoms with Gasteiger partial charge in [-0.1, -0.05) is 0 Å². The normalized spacial score (nSPS) is 14.2. The van der Waals surface area contributed by atoms with Gasteiger partial charge in [-0.25, -0.2) is 0 Å². The predicted octanol–water partition coefficient (Wildman–Crippen LogP) is 4.30. The fraction of sp³-hybridized carbons (Fsp3) is 0.429. The Labute approximate surface area is 156 Å². The number of benzene rings is 1. The van der Waals surface area contributed by atoms with Gasteiger partial charge < -0.3 is 15.1 Å². The number of rotatable bonds is 6. The van der Waals surface area contributed by atoms with Crippen LogP contribution in [0.25, 0.3) is 0 Å². The first-order valence-corrected chi connectivity index (χ1v) is 9.57. The Kier molecular flexibility index (Phi) is 6.10. The molecule has 3 rings (SSSR count). The molecule has 0 saturated carbocycles. The molecule has 1 amide bonds. The average molecular weight is 352 g/mol. The van der Waals surface area contributed by atoms with Gasteiger partial charge in [0.2, 0.25) is 0 Å². The van der Waals surface area contributed by atoms with Crippen LogP contribution < -0.4 is 10.2 Å². The van der Waals surface area contributed by atoms with E-state index in [1.807, 2.05) is 11.0 Å². The monoisotopic (exact) mass is 352 g/mol. The lowest BCUT2D eigenvalue weighted by molar-refractivity contribution is 0.0724. The first kappa shape index (κ1) is 18.2. The lowest BCUT2D eigenvalue weighted by Gasteiger charge is -2.26. The van der Waals surface area contributed by atoms with Crippen LogP contribution in [0.1, 0.15) is 43.5 Å². The molecular weight excluding hydrogens is 324 g/mol. The van der Waals surface area contributed by atoms with E-state index in [0.29, 0.717) is 5.56 Å². The van der Waals surface area contributed by atoms with Crippen molar-refractivity contribution < 1.29 is 4.79 Å². The van der Waals surface area contributed by atoms with Gasteiger partial charge in [-0.15, -0.1) is 0 Å². The molecule has 0 spiro atoms. The first-order valence-electron chi connectivity index (χ1n) is 9.57. The summed E-state index contributed by atoms with van der Waals surface area (Å²) < 4.78 is 0. The molecule has 1 aliphatic rings. The van der Waals surface area contributed by atoms with Crippen LogP contribution in [-0.2, 0) is 0 Å². The molecule has 0 unspecified atom stereocenters. The van der Waals surface area contributed by atoms with E-state index in [9.17, 15) is 4.79 Å². The number of hydrogen-bond donors (Lipinski definition) is 1. The maximum absolute atomic E-state index is 12.6. The van der Waals surface area contributed by atoms with Crippen LogP contribution in [0.4, 0.5) is 17.1 Å². The zero-order valence-electron chi connectivity index (χ0n) is 15.7. The van der Waals surface area contributed by atoms with Gasteiger partial charge in [-0.2, -0.15) is 0 Å². The molecule has 1 aliphatic heterocycles. The molecule has 0 radical (unpaired) electrons. The van der Waals surface area contributed by atoms with E-state index in [4.69, 9.17) is 0 Å². The van der Waals surface area contributed by atoms with E-state index >= 15 is 0 Å². The number of likely N-dealkylation sites (tertiary alicyclic amines) is 1. The molecule has 5 heteroatoms. The van der Waals surface area contributed by atoms with Gasteiger partial charge in [-0.3, -0.25) is 9.78 Å². The second-order valence-electron chi connectivity index (χ2n) is 6.66. The second-order valence-corrected chi connectivity index (χ2v) is 6.66. The van der Waals surface area contributed by atoms with E-state index in [-0.39, 0.29) is 5.91 Å². The highest BCUT2D eigenvalue weighted by Gasteiger charge is 2.18. The molecule has 0 aliphatic carbocycles. The smallest absolute Gasteiger partial charge is 0.255 e. The molecule has 0 atom stereocenters. The number of nitrogens with zero attached hydrogens (tertiary/aromatic N) is 3. The van der Waals surface area contributed by atoms with E-state index in [2.05, 4.69) is 53.3 Å². The molecule has 5 nitrogen and oxygen atoms in total. The van der Waals surface area contributed by atoms with Crippen LogP contribution in [0.2, 0.25) is 0 Å². The third kappa shape index (κ3) is 4.34. The molecule has 138 valence electrons. The largest absolute Gasteiger partial charge is 0.372 e. The predicted molar refractivity (Wildman–Crippen MR) is 107 cm³/mol. The molecule has 1 saturated heterocycles. The summed E-state index contributed by atoms with van der Waals surface area (Å²) in [5, 5.41) is 3.35. The van der Waals surface area contributed by atoms with Crippen LogP contribution >= 0.6 is 0 Å². The fourth-order valence-electron chi connectivity index (χ4n) is 3.42. The van der Waals surface area contributed by atoms with Crippen molar-refractivity contribution in [3.63, 3.8) is 0 Å². The van der Waals surface area contributed by atoms with Crippen LogP contribution in [-0.4, -0.2) is 42.0 Å². The van der Waals surface area contributed by atoms with E-state index in [1.54, 1.807) is 12.4 Å². The number of nitrogens with one attached hydrogen (secondary N) is 1. The van der Waals surface area contributed by atoms with E-state index < -0.39 is 0 Å². The average Bonchev–Trinajstić information content (AvgIpc) is 2.70. The summed E-state index contributed by atoms with van der Waals surface area (Å²) in [4.78, 5) is 21.1. The number of aromatic nitrogens is 1. The van der Waals surface area contributed by atoms with Crippen molar-refractivity contribution in [3.8, 4) is 0 Å². The summed E-state index contributed by atoms with van der Waals surface area (Å²) >= 11 is 0. The van der Waals surface area contributed by atoms with Crippen molar-refractivity contribution in [3.05, 3.63) is 48.3 Å². The highest BCUT2D eigenvalue weighted by atomic mass is 16.2. The zero-order valence-corrected chi connectivity index (χ0v) is 15.7. The van der Waals surface area contributed by atoms with Gasteiger partial charge in [-0.05, 0) is 63.4 Å². The second kappa shape index (κ2) is 8.70. The molecular formula is C21H28N4O. The van der Waals surface area contributed by atoms with E-state index in [0.717, 1.165) is 50.4 Å². The molecule has 1 aromatic carbocycles. The third-order valence-electron chi connectivity index (χ3n) is 4.91. The lowest BCUT2D eigenvalue weighted by atomic mass is 10.1. The number of carbonyl (C=O) groups is 1. The van der Waals surface area contributed by atoms with Gasteiger partial charge in [0.1, 0.15) is 0 Å². The summed E-state index contributed by atoms with van der Waals surface area (Å²) in [6, 6.07) is 10.2. The Morgan fingerprint density at radius 2 is 1.73 bits per heavy atom. The SMILES string of the molecule is CCN(CC)c1ccc(Nc2cncc(C(=O)N3CCCCC3)c2)cc1. The van der Waals surface area contributed by atoms with Crippen LogP contribution in [0.5, 0.6) is 0 Å². The van der Waals surface area contributed by atoms with Gasteiger partial charge in [0, 0.05) is 43.8 Å². The van der Waals surface area contributed by atoms with Crippen molar-refractivity contribution in [1.29, 1.82) is 0 Å². The van der Waals surface area contributed by atoms with Gasteiger partial charge in [0.05, 0.1) is 17.4 Å². The lowest BCUT2D eigenvalue weighted by Crippen LogP contribution is -2.35. The molecule has 1 fully saturated rings. The van der Waals surface area contributed by atoms with Gasteiger partial charge >= 0.3 is 0 Å². The Morgan fingerprint density at radius 3 is 2.38 bits per heavy atom. The number of piperidine rings is 1. The van der Waals surface area contributed by atoms with Crippen molar-refractivity contribution in [2.75, 3.05) is 36.4 Å². The minimum Gasteiger partial charge on any atom is -0.372 e. The van der Waals surface area contributed by atoms with Crippen molar-refractivity contribution in [1.82, 2.24) is 9.88 Å². The molecule has 1 aromatic heterocycles. The Bertz CT molecular complexity index is 719. The Morgan fingerprint density at radius 1 is 1.04 bits per heavy atom. The Hall–Kier alpha value is -2.56. The Balaban J connectivity index is 1.69. The van der Waals surface area contributed by atoms with Crippen molar-refractivity contribution in [2.45, 2.75) is 33.1 Å². The number of hydrogen-bond acceptors (Lipinski definition) is 4. The number of pyridine rings is 1. The standard InChI is InChI=1S/C21H28N4O/c1-3-24(4-2)20-10-8-18(9-11-20)23-19-14-17(15-22-16-19)21(26)25-12-6-5-7-13-25/h8-11,14-16,23H,3-7,12-13H2,1-2H3. The summed E-state index contributed by atoms with van der Waals surface area (Å²) in [7, 11) is 0. The molecule has 26 heavy (non-hydrogen) atoms. The maximum Gasteiger partial charge on any atom is 0.255 e. The maximum atomic E-state index is 12.6. The highest BCUT2D eigenvalue weighted by molar-refractivity contribution is 5.95. The molecule has 0 bridgehead atoms. The summed E-state index contributed by atoms with van der Waals surface area (Å²) in [6.45, 7) is 8.01. The first-order chi connectivity index (χ1) is 12.7. The van der Waals surface area contributed by atoms with Crippen LogP contribution in [0.15, 0.2) is 42.7 Å². The minimum atomic E-state index is 0.0812. The quantitative estimate of drug-likeness (QED) is 0.842. The fourth-order valence-corrected chi connectivity index (χ4v) is 3.42. The number of anilines is 3. The highest BCUT2D eigenvalue weighted by Crippen LogP contribution is 2.22. The van der Waals surface area contributed by atoms with Crippen LogP contribution in [0, 0.1) is 0 Å². The minimum absolute atomic E-state index is 0.0812. The number of amides is 1. The summed E-state index contributed by atoms with van der Waals surface area (Å²) in [5.41, 5.74) is 3.69. The molecule has 2 heterocycles. The van der Waals surface area contributed by atoms with Gasteiger partial charge in [0.25, 0.3) is 5.91 Å². The summed E-state index contributed by atoms with van der Waals surface area (Å²) in [6.07, 6.45) is 6.82. The van der Waals surface area contributed by atoms with Gasteiger partial charge in [0.15, 0.2) is 0 Å². The zero-order chi connectivity index (χ0) is 18.4. The molecule has 1 N–H and O–H groups in total. The van der Waals surface area contributed by atoms with E-state index in [1.165, 1.54) is 12.1 Å². The van der Waals surface area contributed by atoms with Crippen molar-refractivity contribution in [2.24, 2.45) is 0 Å². The third-order valence-corrected chi connectivity index (χ3v) is 4.91. The molecule has 2 aromatic rings. The summed E-state index contributed by atoms with van der Waals surface area (Å²) in [5.74, 6) is 0.0812. The van der Waals surface area contributed by atoms with Crippen LogP contribution in [0.3, 0.4) is 0 Å². The van der Waals surface area contributed by atoms with Crippen molar-refractivity contribution >= 4 is 23.0 Å². The topological polar surface area (TPSA) is 48.5 Å². The number of carbonyl (C=O) groups excluding carboxylic acids is 1.